The highest BCUT2D eigenvalue weighted by atomic mass is 15.0. The van der Waals surface area contributed by atoms with Gasteiger partial charge in [0.25, 0.3) is 0 Å². The molecule has 0 amide bonds. The molecule has 0 aliphatic heterocycles. The lowest BCUT2D eigenvalue weighted by Gasteiger charge is -2.18. The van der Waals surface area contributed by atoms with Crippen LogP contribution >= 0.6 is 0 Å². The van der Waals surface area contributed by atoms with E-state index >= 15 is 0 Å². The Hall–Kier alpha value is -5.80. The molecule has 0 aliphatic rings. The minimum absolute atomic E-state index is 0.732. The third-order valence-corrected chi connectivity index (χ3v) is 9.33. The second-order valence-electron chi connectivity index (χ2n) is 12.5. The molecule has 0 saturated heterocycles. The number of benzene rings is 6. The van der Waals surface area contributed by atoms with Crippen LogP contribution < -0.4 is 0 Å². The summed E-state index contributed by atoms with van der Waals surface area (Å²) < 4.78 is 2.42. The van der Waals surface area contributed by atoms with Crippen LogP contribution in [0, 0.1) is 27.7 Å². The molecule has 0 bridgehead atoms. The fraction of sp³-hybridized carbons (Fsp3) is 0.0909. The number of aromatic nitrogens is 3. The molecule has 47 heavy (non-hydrogen) atoms. The molecule has 0 unspecified atom stereocenters. The van der Waals surface area contributed by atoms with E-state index in [-0.39, 0.29) is 0 Å². The minimum atomic E-state index is 0.732. The molecule has 0 aliphatic carbocycles. The Labute approximate surface area is 275 Å². The van der Waals surface area contributed by atoms with Crippen molar-refractivity contribution >= 4 is 21.8 Å². The smallest absolute Gasteiger partial charge is 0.160 e. The lowest BCUT2D eigenvalue weighted by Crippen LogP contribution is -2.00. The summed E-state index contributed by atoms with van der Waals surface area (Å²) in [6.07, 6.45) is 0. The van der Waals surface area contributed by atoms with Crippen molar-refractivity contribution < 1.29 is 0 Å². The van der Waals surface area contributed by atoms with Crippen LogP contribution in [0.4, 0.5) is 0 Å². The van der Waals surface area contributed by atoms with E-state index in [1.165, 1.54) is 60.9 Å². The van der Waals surface area contributed by atoms with Crippen LogP contribution in [-0.4, -0.2) is 14.5 Å². The number of rotatable bonds is 5. The third kappa shape index (κ3) is 5.01. The van der Waals surface area contributed by atoms with Gasteiger partial charge in [-0.25, -0.2) is 9.97 Å². The van der Waals surface area contributed by atoms with Gasteiger partial charge < -0.3 is 4.57 Å². The monoisotopic (exact) mass is 605 g/mol. The van der Waals surface area contributed by atoms with Crippen molar-refractivity contribution in [2.24, 2.45) is 0 Å². The average Bonchev–Trinajstić information content (AvgIpc) is 3.45. The van der Waals surface area contributed by atoms with E-state index in [1.807, 2.05) is 24.3 Å². The summed E-state index contributed by atoms with van der Waals surface area (Å²) in [6, 6.07) is 49.5. The molecular weight excluding hydrogens is 571 g/mol. The molecule has 0 atom stereocenters. The SMILES string of the molecule is Cc1cc(-c2cc(C)c(-n3c4ccccc4c4ccccc43)cc2C)c(C)cc1-c1cc(-c2ccccc2)nc(-c2ccccc2)n1. The molecule has 0 fully saturated rings. The highest BCUT2D eigenvalue weighted by molar-refractivity contribution is 6.09. The van der Waals surface area contributed by atoms with Gasteiger partial charge in [-0.05, 0) is 97.5 Å². The maximum atomic E-state index is 5.11. The normalized spacial score (nSPS) is 11.4. The zero-order valence-electron chi connectivity index (χ0n) is 27.1. The van der Waals surface area contributed by atoms with Gasteiger partial charge >= 0.3 is 0 Å². The Morgan fingerprint density at radius 3 is 1.51 bits per heavy atom. The molecule has 0 spiro atoms. The van der Waals surface area contributed by atoms with Gasteiger partial charge in [0.05, 0.1) is 22.4 Å². The lowest BCUT2D eigenvalue weighted by atomic mass is 9.90. The van der Waals surface area contributed by atoms with Gasteiger partial charge in [-0.2, -0.15) is 0 Å². The Bertz CT molecular complexity index is 2330. The second kappa shape index (κ2) is 11.5. The zero-order valence-corrected chi connectivity index (χ0v) is 27.1. The number of aryl methyl sites for hydroxylation is 4. The number of nitrogens with zero attached hydrogens (tertiary/aromatic N) is 3. The molecule has 3 heteroatoms. The van der Waals surface area contributed by atoms with Crippen molar-refractivity contribution in [1.82, 2.24) is 14.5 Å². The van der Waals surface area contributed by atoms with E-state index in [1.54, 1.807) is 0 Å². The fourth-order valence-corrected chi connectivity index (χ4v) is 6.95. The quantitative estimate of drug-likeness (QED) is 0.195. The molecule has 8 aromatic rings. The molecule has 2 aromatic heterocycles. The van der Waals surface area contributed by atoms with Crippen LogP contribution in [0.25, 0.3) is 72.5 Å². The molecule has 0 saturated carbocycles. The Kier molecular flexibility index (Phi) is 7.03. The van der Waals surface area contributed by atoms with E-state index in [0.717, 1.165) is 33.9 Å². The summed E-state index contributed by atoms with van der Waals surface area (Å²) in [5, 5.41) is 2.56. The molecule has 0 N–H and O–H groups in total. The standard InChI is InChI=1S/C44H35N3/c1-28-24-38(40-27-39(32-15-7-5-8-16-32)45-44(46-40)33-17-9-6-10-18-33)29(2)23-36(28)37-25-31(4)43(26-30(37)3)47-41-21-13-11-19-34(41)35-20-12-14-22-42(35)47/h5-27H,1-4H3. The third-order valence-electron chi connectivity index (χ3n) is 9.33. The van der Waals surface area contributed by atoms with E-state index in [0.29, 0.717) is 0 Å². The van der Waals surface area contributed by atoms with Gasteiger partial charge in [0.1, 0.15) is 0 Å². The van der Waals surface area contributed by atoms with Crippen molar-refractivity contribution in [2.75, 3.05) is 0 Å². The number of fused-ring (bicyclic) bond motifs is 3. The van der Waals surface area contributed by atoms with Gasteiger partial charge in [0.15, 0.2) is 5.82 Å². The van der Waals surface area contributed by atoms with Gasteiger partial charge in [0, 0.05) is 33.2 Å². The minimum Gasteiger partial charge on any atom is -0.309 e. The first-order valence-corrected chi connectivity index (χ1v) is 16.2. The van der Waals surface area contributed by atoms with Gasteiger partial charge in [-0.3, -0.25) is 0 Å². The van der Waals surface area contributed by atoms with Gasteiger partial charge in [-0.1, -0.05) is 103 Å². The topological polar surface area (TPSA) is 30.7 Å². The molecule has 2 heterocycles. The Morgan fingerprint density at radius 1 is 0.404 bits per heavy atom. The van der Waals surface area contributed by atoms with Gasteiger partial charge in [-0.15, -0.1) is 0 Å². The number of hydrogen-bond acceptors (Lipinski definition) is 2. The van der Waals surface area contributed by atoms with Crippen LogP contribution in [0.15, 0.2) is 140 Å². The van der Waals surface area contributed by atoms with Crippen molar-refractivity contribution in [3.63, 3.8) is 0 Å². The van der Waals surface area contributed by atoms with E-state index < -0.39 is 0 Å². The maximum absolute atomic E-state index is 5.11. The first-order valence-electron chi connectivity index (χ1n) is 16.2. The van der Waals surface area contributed by atoms with Crippen molar-refractivity contribution in [3.05, 3.63) is 162 Å². The summed E-state index contributed by atoms with van der Waals surface area (Å²) >= 11 is 0. The van der Waals surface area contributed by atoms with E-state index in [9.17, 15) is 0 Å². The predicted molar refractivity (Wildman–Crippen MR) is 197 cm³/mol. The first-order chi connectivity index (χ1) is 23.0. The summed E-state index contributed by atoms with van der Waals surface area (Å²) in [6.45, 7) is 8.87. The summed E-state index contributed by atoms with van der Waals surface area (Å²) in [5.74, 6) is 0.732. The van der Waals surface area contributed by atoms with E-state index in [4.69, 9.17) is 9.97 Å². The Balaban J connectivity index is 1.25. The molecule has 0 radical (unpaired) electrons. The maximum Gasteiger partial charge on any atom is 0.160 e. The molecule has 8 rings (SSSR count). The Morgan fingerprint density at radius 2 is 0.872 bits per heavy atom. The second-order valence-corrected chi connectivity index (χ2v) is 12.5. The van der Waals surface area contributed by atoms with Crippen molar-refractivity contribution in [1.29, 1.82) is 0 Å². The van der Waals surface area contributed by atoms with Gasteiger partial charge in [0.2, 0.25) is 0 Å². The first kappa shape index (κ1) is 28.7. The van der Waals surface area contributed by atoms with E-state index in [2.05, 4.69) is 148 Å². The van der Waals surface area contributed by atoms with Crippen LogP contribution in [0.3, 0.4) is 0 Å². The summed E-state index contributed by atoms with van der Waals surface area (Å²) in [4.78, 5) is 10.1. The van der Waals surface area contributed by atoms with Crippen molar-refractivity contribution in [2.45, 2.75) is 27.7 Å². The van der Waals surface area contributed by atoms with Crippen LogP contribution in [0.5, 0.6) is 0 Å². The molecule has 6 aromatic carbocycles. The van der Waals surface area contributed by atoms with Crippen molar-refractivity contribution in [3.8, 4) is 50.7 Å². The highest BCUT2D eigenvalue weighted by Crippen LogP contribution is 2.38. The summed E-state index contributed by atoms with van der Waals surface area (Å²) in [7, 11) is 0. The van der Waals surface area contributed by atoms with Crippen LogP contribution in [-0.2, 0) is 0 Å². The lowest BCUT2D eigenvalue weighted by molar-refractivity contribution is 1.14. The fourth-order valence-electron chi connectivity index (χ4n) is 6.95. The highest BCUT2D eigenvalue weighted by Gasteiger charge is 2.18. The summed E-state index contributed by atoms with van der Waals surface area (Å²) in [5.41, 5.74) is 16.2. The molecule has 3 nitrogen and oxygen atoms in total. The largest absolute Gasteiger partial charge is 0.309 e. The number of hydrogen-bond donors (Lipinski definition) is 0. The van der Waals surface area contributed by atoms with Crippen LogP contribution in [0.2, 0.25) is 0 Å². The average molecular weight is 606 g/mol. The molecular formula is C44H35N3. The van der Waals surface area contributed by atoms with Crippen LogP contribution in [0.1, 0.15) is 22.3 Å². The predicted octanol–water partition coefficient (Wildman–Crippen LogP) is 11.5. The molecule has 226 valence electrons. The zero-order chi connectivity index (χ0) is 32.1. The number of para-hydroxylation sites is 2.